The Bertz CT molecular complexity index is 925. The van der Waals surface area contributed by atoms with Crippen molar-refractivity contribution >= 4 is 39.3 Å². The van der Waals surface area contributed by atoms with Crippen molar-refractivity contribution in [2.24, 2.45) is 10.8 Å². The lowest BCUT2D eigenvalue weighted by Crippen LogP contribution is -2.33. The Hall–Kier alpha value is -3.15. The molecule has 0 aliphatic heterocycles. The normalized spacial score (nSPS) is 11.8. The van der Waals surface area contributed by atoms with E-state index in [1.165, 1.54) is 0 Å². The van der Waals surface area contributed by atoms with E-state index in [1.807, 2.05) is 42.5 Å². The number of nitrogens with zero attached hydrogens (tertiary/aromatic N) is 1. The maximum absolute atomic E-state index is 11.1. The zero-order chi connectivity index (χ0) is 15.7. The largest absolute Gasteiger partial charge is 0.455 e. The fourth-order valence-corrected chi connectivity index (χ4v) is 2.22. The number of rotatable bonds is 2. The Morgan fingerprint density at radius 2 is 1.91 bits per heavy atom. The predicted octanol–water partition coefficient (Wildman–Crippen LogP) is 1.91. The van der Waals surface area contributed by atoms with Crippen LogP contribution in [0.4, 0.5) is 0 Å². The summed E-state index contributed by atoms with van der Waals surface area (Å²) in [5.74, 6) is -1.55. The average molecular weight is 295 g/mol. The molecule has 0 radical (unpaired) electrons. The van der Waals surface area contributed by atoms with E-state index < -0.39 is 11.8 Å². The Morgan fingerprint density at radius 3 is 2.68 bits per heavy atom. The Morgan fingerprint density at radius 1 is 1.14 bits per heavy atom. The van der Waals surface area contributed by atoms with Crippen LogP contribution in [0.25, 0.3) is 21.7 Å². The smallest absolute Gasteiger partial charge is 0.329 e. The van der Waals surface area contributed by atoms with Crippen LogP contribution in [0, 0.1) is 0 Å². The van der Waals surface area contributed by atoms with Crippen molar-refractivity contribution in [1.29, 1.82) is 0 Å². The number of furan rings is 1. The van der Waals surface area contributed by atoms with Gasteiger partial charge in [-0.2, -0.15) is 5.10 Å². The monoisotopic (exact) mass is 295 g/mol. The number of carbonyl (C=O) groups is 2. The summed E-state index contributed by atoms with van der Waals surface area (Å²) in [6, 6.07) is 13.7. The molecule has 110 valence electrons. The molecule has 0 unspecified atom stereocenters. The lowest BCUT2D eigenvalue weighted by molar-refractivity contribution is -0.137. The van der Waals surface area contributed by atoms with Gasteiger partial charge in [-0.1, -0.05) is 30.3 Å². The van der Waals surface area contributed by atoms with E-state index in [9.17, 15) is 9.59 Å². The molecule has 0 aliphatic rings. The van der Waals surface area contributed by atoms with Crippen LogP contribution in [0.15, 0.2) is 52.0 Å². The third kappa shape index (κ3) is 2.42. The number of primary amides is 1. The molecular formula is C16H13N3O3. The molecule has 3 aromatic rings. The van der Waals surface area contributed by atoms with Gasteiger partial charge in [0.1, 0.15) is 11.3 Å². The molecule has 1 aromatic heterocycles. The number of hydrogen-bond acceptors (Lipinski definition) is 4. The van der Waals surface area contributed by atoms with Gasteiger partial charge in [0.05, 0.1) is 0 Å². The third-order valence-corrected chi connectivity index (χ3v) is 3.33. The number of amides is 2. The van der Waals surface area contributed by atoms with Crippen LogP contribution in [0.5, 0.6) is 0 Å². The molecule has 0 saturated heterocycles. The van der Waals surface area contributed by atoms with Crippen LogP contribution in [-0.2, 0) is 9.59 Å². The number of hydrogen-bond donors (Lipinski definition) is 2. The Balaban J connectivity index is 2.01. The third-order valence-electron chi connectivity index (χ3n) is 3.33. The quantitative estimate of drug-likeness (QED) is 0.429. The number of nitrogens with one attached hydrogen (secondary N) is 1. The summed E-state index contributed by atoms with van der Waals surface area (Å²) in [6.07, 6.45) is 0. The molecule has 1 heterocycles. The molecule has 3 rings (SSSR count). The van der Waals surface area contributed by atoms with E-state index in [0.29, 0.717) is 11.5 Å². The van der Waals surface area contributed by atoms with E-state index in [4.69, 9.17) is 10.2 Å². The van der Waals surface area contributed by atoms with Crippen molar-refractivity contribution in [1.82, 2.24) is 5.43 Å². The SMILES string of the molecule is C/C(=N\NC(=O)C(N)=O)c1cc2c(ccc3ccccc32)o1. The second kappa shape index (κ2) is 5.33. The van der Waals surface area contributed by atoms with Gasteiger partial charge in [-0.05, 0) is 29.8 Å². The Kier molecular flexibility index (Phi) is 3.34. The summed E-state index contributed by atoms with van der Waals surface area (Å²) < 4.78 is 5.73. The summed E-state index contributed by atoms with van der Waals surface area (Å²) in [6.45, 7) is 1.67. The summed E-state index contributed by atoms with van der Waals surface area (Å²) in [4.78, 5) is 21.8. The second-order valence-electron chi connectivity index (χ2n) is 4.81. The number of carbonyl (C=O) groups excluding carboxylic acids is 2. The van der Waals surface area contributed by atoms with Gasteiger partial charge >= 0.3 is 11.8 Å². The molecule has 6 nitrogen and oxygen atoms in total. The number of hydrazone groups is 1. The van der Waals surface area contributed by atoms with Crippen LogP contribution < -0.4 is 11.2 Å². The maximum atomic E-state index is 11.1. The van der Waals surface area contributed by atoms with Crippen molar-refractivity contribution in [2.75, 3.05) is 0 Å². The van der Waals surface area contributed by atoms with Gasteiger partial charge in [0.15, 0.2) is 5.76 Å². The minimum atomic E-state index is -1.09. The number of fused-ring (bicyclic) bond motifs is 3. The fourth-order valence-electron chi connectivity index (χ4n) is 2.22. The minimum absolute atomic E-state index is 0.440. The minimum Gasteiger partial charge on any atom is -0.455 e. The average Bonchev–Trinajstić information content (AvgIpc) is 2.96. The predicted molar refractivity (Wildman–Crippen MR) is 83.3 cm³/mol. The van der Waals surface area contributed by atoms with Gasteiger partial charge < -0.3 is 10.2 Å². The highest BCUT2D eigenvalue weighted by Gasteiger charge is 2.11. The van der Waals surface area contributed by atoms with Gasteiger partial charge in [0.25, 0.3) is 0 Å². The van der Waals surface area contributed by atoms with Crippen LogP contribution in [-0.4, -0.2) is 17.5 Å². The highest BCUT2D eigenvalue weighted by molar-refractivity contribution is 6.34. The topological polar surface area (TPSA) is 97.7 Å². The number of benzene rings is 2. The zero-order valence-corrected chi connectivity index (χ0v) is 11.8. The van der Waals surface area contributed by atoms with E-state index in [2.05, 4.69) is 10.5 Å². The van der Waals surface area contributed by atoms with Crippen LogP contribution in [0.3, 0.4) is 0 Å². The van der Waals surface area contributed by atoms with Gasteiger partial charge in [-0.25, -0.2) is 5.43 Å². The van der Waals surface area contributed by atoms with Gasteiger partial charge in [0, 0.05) is 5.39 Å². The van der Waals surface area contributed by atoms with Crippen molar-refractivity contribution in [3.05, 3.63) is 48.2 Å². The zero-order valence-electron chi connectivity index (χ0n) is 11.8. The van der Waals surface area contributed by atoms with E-state index in [1.54, 1.807) is 6.92 Å². The lowest BCUT2D eigenvalue weighted by atomic mass is 10.1. The van der Waals surface area contributed by atoms with Crippen molar-refractivity contribution in [3.63, 3.8) is 0 Å². The summed E-state index contributed by atoms with van der Waals surface area (Å²) in [7, 11) is 0. The van der Waals surface area contributed by atoms with Gasteiger partial charge in [0.2, 0.25) is 0 Å². The molecule has 0 fully saturated rings. The van der Waals surface area contributed by atoms with Crippen molar-refractivity contribution < 1.29 is 14.0 Å². The Labute approximate surface area is 125 Å². The maximum Gasteiger partial charge on any atom is 0.329 e. The molecule has 22 heavy (non-hydrogen) atoms. The molecule has 6 heteroatoms. The summed E-state index contributed by atoms with van der Waals surface area (Å²) in [5, 5.41) is 6.96. The van der Waals surface area contributed by atoms with Crippen LogP contribution >= 0.6 is 0 Å². The van der Waals surface area contributed by atoms with Crippen molar-refractivity contribution in [2.45, 2.75) is 6.92 Å². The molecule has 0 bridgehead atoms. The van der Waals surface area contributed by atoms with Gasteiger partial charge in [-0.3, -0.25) is 9.59 Å². The van der Waals surface area contributed by atoms with Crippen LogP contribution in [0.2, 0.25) is 0 Å². The first-order valence-corrected chi connectivity index (χ1v) is 6.62. The molecule has 0 atom stereocenters. The first-order chi connectivity index (χ1) is 10.6. The first kappa shape index (κ1) is 13.8. The first-order valence-electron chi connectivity index (χ1n) is 6.62. The van der Waals surface area contributed by atoms with Gasteiger partial charge in [-0.15, -0.1) is 0 Å². The van der Waals surface area contributed by atoms with Crippen LogP contribution in [0.1, 0.15) is 12.7 Å². The highest BCUT2D eigenvalue weighted by atomic mass is 16.3. The molecule has 2 aromatic carbocycles. The fraction of sp³-hybridized carbons (Fsp3) is 0.0625. The highest BCUT2D eigenvalue weighted by Crippen LogP contribution is 2.28. The summed E-state index contributed by atoms with van der Waals surface area (Å²) >= 11 is 0. The number of nitrogens with two attached hydrogens (primary N) is 1. The molecule has 2 amide bonds. The molecule has 0 saturated carbocycles. The molecule has 0 spiro atoms. The summed E-state index contributed by atoms with van der Waals surface area (Å²) in [5.41, 5.74) is 8.08. The standard InChI is InChI=1S/C16H13N3O3/c1-9(18-19-16(21)15(17)20)14-8-12-11-5-3-2-4-10(11)6-7-13(12)22-14/h2-8H,1H3,(H2,17,20)(H,19,21)/b18-9+. The van der Waals surface area contributed by atoms with Crippen molar-refractivity contribution in [3.8, 4) is 0 Å². The lowest BCUT2D eigenvalue weighted by Gasteiger charge is -1.97. The second-order valence-corrected chi connectivity index (χ2v) is 4.81. The molecular weight excluding hydrogens is 282 g/mol. The van der Waals surface area contributed by atoms with E-state index in [0.717, 1.165) is 21.7 Å². The van der Waals surface area contributed by atoms with E-state index in [-0.39, 0.29) is 0 Å². The molecule has 0 aliphatic carbocycles. The van der Waals surface area contributed by atoms with E-state index >= 15 is 0 Å². The molecule has 3 N–H and O–H groups in total.